The van der Waals surface area contributed by atoms with Crippen molar-refractivity contribution in [3.63, 3.8) is 0 Å². The molecule has 0 amide bonds. The minimum atomic E-state index is -7.57. The normalized spacial score (nSPS) is 15.0. The molecule has 0 aliphatic heterocycles. The molecule has 0 aromatic heterocycles. The summed E-state index contributed by atoms with van der Waals surface area (Å²) in [4.78, 5) is 0. The standard InChI is InChI=1S/2C15H33Si.Cr.2H2O.2O/c2*1-4-7-10-13-16(14-11-8-5-2)15-12-9-6-3;;;;;/h2*4-15H2,1-3H3;;2*1H2;;/q;;+2;;;;/p-2. The summed E-state index contributed by atoms with van der Waals surface area (Å²) in [6.45, 7) is 5.98. The van der Waals surface area contributed by atoms with Crippen LogP contribution in [0.4, 0.5) is 0 Å². The van der Waals surface area contributed by atoms with Crippen molar-refractivity contribution in [3.8, 4) is 0 Å². The van der Waals surface area contributed by atoms with E-state index in [2.05, 4.69) is 41.5 Å². The SMILES string of the molecule is CCCCC[Si](CCCCC)(CCCCC)[Cr](=[O])(=[O])([OH])([OH])[Si](CCCCC)(CCCCC)CCCCC. The predicted octanol–water partition coefficient (Wildman–Crippen LogP) is 10.7. The summed E-state index contributed by atoms with van der Waals surface area (Å²) < 4.78 is 57.0. The van der Waals surface area contributed by atoms with Gasteiger partial charge >= 0.3 is 233 Å². The topological polar surface area (TPSA) is 74.6 Å². The maximum absolute atomic E-state index is 15.7. The molecule has 0 saturated carbocycles. The van der Waals surface area contributed by atoms with Crippen molar-refractivity contribution in [2.75, 3.05) is 0 Å². The van der Waals surface area contributed by atoms with Crippen LogP contribution in [0.15, 0.2) is 0 Å². The first-order valence-corrected chi connectivity index (χ1v) is 27.5. The summed E-state index contributed by atoms with van der Waals surface area (Å²) in [5, 5.41) is 0. The first-order valence-electron chi connectivity index (χ1n) is 16.5. The van der Waals surface area contributed by atoms with Crippen LogP contribution in [0.3, 0.4) is 0 Å². The minimum absolute atomic E-state index is 0.563. The molecule has 0 heterocycles. The summed E-state index contributed by atoms with van der Waals surface area (Å²) in [5.74, 6) is 0. The quantitative estimate of drug-likeness (QED) is 0.0765. The molecule has 0 rings (SSSR count). The van der Waals surface area contributed by atoms with Gasteiger partial charge in [-0.2, -0.15) is 0 Å². The first-order chi connectivity index (χ1) is 17.4. The molecule has 2 N–H and O–H groups in total. The van der Waals surface area contributed by atoms with E-state index in [0.717, 1.165) is 116 Å². The van der Waals surface area contributed by atoms with Gasteiger partial charge in [0.15, 0.2) is 0 Å². The van der Waals surface area contributed by atoms with E-state index < -0.39 is 23.4 Å². The molecule has 0 aromatic rings. The van der Waals surface area contributed by atoms with Gasteiger partial charge in [-0.25, -0.2) is 0 Å². The molecule has 7 heteroatoms. The van der Waals surface area contributed by atoms with E-state index in [1.54, 1.807) is 0 Å². The van der Waals surface area contributed by atoms with Crippen molar-refractivity contribution in [2.45, 2.75) is 193 Å². The molecule has 226 valence electrons. The molecule has 4 nitrogen and oxygen atoms in total. The van der Waals surface area contributed by atoms with Crippen molar-refractivity contribution in [3.05, 3.63) is 0 Å². The Balaban J connectivity index is 7.20. The Morgan fingerprint density at radius 2 is 0.541 bits per heavy atom. The van der Waals surface area contributed by atoms with Gasteiger partial charge < -0.3 is 0 Å². The maximum atomic E-state index is 15.7. The van der Waals surface area contributed by atoms with Crippen LogP contribution in [-0.2, 0) is 17.8 Å². The summed E-state index contributed by atoms with van der Waals surface area (Å²) in [7, 11) is -7.57. The third-order valence-corrected chi connectivity index (χ3v) is 55.1. The molecule has 0 saturated heterocycles. The van der Waals surface area contributed by atoms with Crippen molar-refractivity contribution in [2.24, 2.45) is 0 Å². The number of hydrogen-bond donors (Lipinski definition) is 2. The fourth-order valence-electron chi connectivity index (χ4n) is 6.75. The van der Waals surface area contributed by atoms with Crippen LogP contribution in [0.2, 0.25) is 36.3 Å². The Morgan fingerprint density at radius 3 is 0.676 bits per heavy atom. The van der Waals surface area contributed by atoms with Gasteiger partial charge in [0.05, 0.1) is 0 Å². The van der Waals surface area contributed by atoms with Crippen molar-refractivity contribution in [1.82, 2.24) is 0 Å². The molecule has 0 atom stereocenters. The molecule has 0 bridgehead atoms. The third kappa shape index (κ3) is 9.82. The number of hydrogen-bond acceptors (Lipinski definition) is 2. The van der Waals surface area contributed by atoms with Gasteiger partial charge in [0.1, 0.15) is 0 Å². The van der Waals surface area contributed by atoms with Gasteiger partial charge in [-0.15, -0.1) is 0 Å². The van der Waals surface area contributed by atoms with E-state index in [9.17, 15) is 8.32 Å². The van der Waals surface area contributed by atoms with Crippen LogP contribution < -0.4 is 0 Å². The van der Waals surface area contributed by atoms with E-state index in [-0.39, 0.29) is 0 Å². The van der Waals surface area contributed by atoms with E-state index in [4.69, 9.17) is 0 Å². The second-order valence-corrected chi connectivity index (χ2v) is 41.2. The van der Waals surface area contributed by atoms with Gasteiger partial charge in [-0.1, -0.05) is 0 Å². The summed E-state index contributed by atoms with van der Waals surface area (Å²) in [6.07, 6.45) is 17.0. The molecule has 0 aliphatic rings. The van der Waals surface area contributed by atoms with E-state index in [1.165, 1.54) is 0 Å². The van der Waals surface area contributed by atoms with Gasteiger partial charge in [-0.05, 0) is 0 Å². The number of unbranched alkanes of at least 4 members (excludes halogenated alkanes) is 12. The third-order valence-electron chi connectivity index (χ3n) is 9.33. The second kappa shape index (κ2) is 17.3. The second-order valence-electron chi connectivity index (χ2n) is 12.4. The zero-order valence-electron chi connectivity index (χ0n) is 26.1. The molecule has 0 fully saturated rings. The van der Waals surface area contributed by atoms with Crippen LogP contribution in [0.1, 0.15) is 157 Å². The number of rotatable bonds is 26. The summed E-state index contributed by atoms with van der Waals surface area (Å²) in [6, 6.07) is 3.38. The monoisotopic (exact) mass is 600 g/mol. The molecular weight excluding hydrogens is 532 g/mol. The Hall–Kier alpha value is 0.486. The molecule has 0 spiro atoms. The predicted molar refractivity (Wildman–Crippen MR) is 163 cm³/mol. The zero-order valence-corrected chi connectivity index (χ0v) is 29.4. The Labute approximate surface area is 232 Å². The van der Waals surface area contributed by atoms with E-state index in [1.807, 2.05) is 0 Å². The first kappa shape index (κ1) is 37.5. The average Bonchev–Trinajstić information content (AvgIpc) is 2.83. The van der Waals surface area contributed by atoms with Gasteiger partial charge in [0.2, 0.25) is 0 Å². The molecular formula is C30H68CrO4Si2. The fraction of sp³-hybridized carbons (Fsp3) is 1.00. The van der Waals surface area contributed by atoms with Crippen LogP contribution in [0, 0.1) is 0 Å². The molecule has 0 radical (unpaired) electrons. The van der Waals surface area contributed by atoms with Gasteiger partial charge in [-0.3, -0.25) is 0 Å². The Kier molecular flexibility index (Phi) is 17.6. The van der Waals surface area contributed by atoms with Crippen LogP contribution in [0.25, 0.3) is 0 Å². The van der Waals surface area contributed by atoms with E-state index >= 15 is 7.61 Å². The molecule has 0 unspecified atom stereocenters. The zero-order chi connectivity index (χ0) is 28.4. The Morgan fingerprint density at radius 1 is 0.378 bits per heavy atom. The average molecular weight is 601 g/mol. The fourth-order valence-corrected chi connectivity index (χ4v) is 57.2. The van der Waals surface area contributed by atoms with Crippen LogP contribution >= 0.6 is 0 Å². The van der Waals surface area contributed by atoms with Crippen molar-refractivity contribution in [1.29, 1.82) is 0 Å². The van der Waals surface area contributed by atoms with E-state index in [0.29, 0.717) is 36.3 Å². The molecule has 0 aromatic carbocycles. The van der Waals surface area contributed by atoms with Crippen molar-refractivity contribution < 1.29 is 26.1 Å². The molecule has 37 heavy (non-hydrogen) atoms. The summed E-state index contributed by atoms with van der Waals surface area (Å²) >= 11 is 0. The van der Waals surface area contributed by atoms with Gasteiger partial charge in [0, 0.05) is 0 Å². The summed E-state index contributed by atoms with van der Waals surface area (Å²) in [5.41, 5.74) is 0. The van der Waals surface area contributed by atoms with Gasteiger partial charge in [0.25, 0.3) is 0 Å². The van der Waals surface area contributed by atoms with Crippen LogP contribution in [0.5, 0.6) is 0 Å². The Bertz CT molecular complexity index is 644. The van der Waals surface area contributed by atoms with Crippen molar-refractivity contribution >= 4 is 13.3 Å². The van der Waals surface area contributed by atoms with Crippen LogP contribution in [-0.4, -0.2) is 21.6 Å². The molecule has 0 aliphatic carbocycles.